The van der Waals surface area contributed by atoms with Crippen molar-refractivity contribution in [3.63, 3.8) is 0 Å². The van der Waals surface area contributed by atoms with Crippen LogP contribution in [0.2, 0.25) is 0 Å². The SMILES string of the molecule is OCc1cccc(C[C@H]2CCN(C(CO)CO)C2)c1. The lowest BCUT2D eigenvalue weighted by atomic mass is 9.97. The number of aliphatic hydroxyl groups excluding tert-OH is 3. The molecule has 1 heterocycles. The zero-order valence-corrected chi connectivity index (χ0v) is 11.2. The molecule has 0 aromatic heterocycles. The van der Waals surface area contributed by atoms with Crippen molar-refractivity contribution in [1.29, 1.82) is 0 Å². The molecule has 106 valence electrons. The number of hydrogen-bond acceptors (Lipinski definition) is 4. The van der Waals surface area contributed by atoms with E-state index < -0.39 is 0 Å². The summed E-state index contributed by atoms with van der Waals surface area (Å²) in [4.78, 5) is 2.17. The number of benzene rings is 1. The van der Waals surface area contributed by atoms with Gasteiger partial charge in [0.2, 0.25) is 0 Å². The molecule has 0 spiro atoms. The van der Waals surface area contributed by atoms with Crippen LogP contribution in [0.3, 0.4) is 0 Å². The van der Waals surface area contributed by atoms with Crippen LogP contribution in [-0.2, 0) is 13.0 Å². The predicted octanol–water partition coefficient (Wildman–Crippen LogP) is 0.396. The van der Waals surface area contributed by atoms with Gasteiger partial charge in [-0.25, -0.2) is 0 Å². The first-order valence-corrected chi connectivity index (χ1v) is 6.91. The van der Waals surface area contributed by atoms with E-state index in [1.54, 1.807) is 0 Å². The summed E-state index contributed by atoms with van der Waals surface area (Å²) in [5.74, 6) is 0.564. The molecule has 4 nitrogen and oxygen atoms in total. The number of rotatable bonds is 6. The molecule has 4 heteroatoms. The summed E-state index contributed by atoms with van der Waals surface area (Å²) >= 11 is 0. The van der Waals surface area contributed by atoms with Crippen molar-refractivity contribution in [2.24, 2.45) is 5.92 Å². The van der Waals surface area contributed by atoms with Crippen LogP contribution >= 0.6 is 0 Å². The van der Waals surface area contributed by atoms with Crippen molar-refractivity contribution in [1.82, 2.24) is 4.90 Å². The van der Waals surface area contributed by atoms with Gasteiger partial charge in [-0.1, -0.05) is 24.3 Å². The van der Waals surface area contributed by atoms with Crippen molar-refractivity contribution in [2.75, 3.05) is 26.3 Å². The van der Waals surface area contributed by atoms with Crippen LogP contribution in [0.5, 0.6) is 0 Å². The Morgan fingerprint density at radius 3 is 2.58 bits per heavy atom. The summed E-state index contributed by atoms with van der Waals surface area (Å²) < 4.78 is 0. The van der Waals surface area contributed by atoms with E-state index in [0.29, 0.717) is 5.92 Å². The summed E-state index contributed by atoms with van der Waals surface area (Å²) in [6, 6.07) is 7.94. The fourth-order valence-corrected chi connectivity index (χ4v) is 2.84. The smallest absolute Gasteiger partial charge is 0.0681 e. The van der Waals surface area contributed by atoms with Crippen LogP contribution in [-0.4, -0.2) is 52.6 Å². The summed E-state index contributed by atoms with van der Waals surface area (Å²) in [7, 11) is 0. The third kappa shape index (κ3) is 3.76. The molecular formula is C15H23NO3. The van der Waals surface area contributed by atoms with Crippen molar-refractivity contribution in [3.8, 4) is 0 Å². The molecule has 1 aliphatic rings. The fraction of sp³-hybridized carbons (Fsp3) is 0.600. The molecule has 1 aromatic rings. The second-order valence-electron chi connectivity index (χ2n) is 5.35. The highest BCUT2D eigenvalue weighted by Crippen LogP contribution is 2.23. The lowest BCUT2D eigenvalue weighted by Crippen LogP contribution is -2.39. The first kappa shape index (κ1) is 14.5. The zero-order valence-electron chi connectivity index (χ0n) is 11.2. The molecule has 0 saturated carbocycles. The average Bonchev–Trinajstić information content (AvgIpc) is 2.89. The molecule has 3 N–H and O–H groups in total. The Bertz CT molecular complexity index is 393. The second-order valence-corrected chi connectivity index (χ2v) is 5.35. The molecule has 0 unspecified atom stereocenters. The first-order chi connectivity index (χ1) is 9.26. The highest BCUT2D eigenvalue weighted by Gasteiger charge is 2.27. The molecule has 1 saturated heterocycles. The highest BCUT2D eigenvalue weighted by atomic mass is 16.3. The van der Waals surface area contributed by atoms with Gasteiger partial charge in [-0.3, -0.25) is 4.90 Å². The average molecular weight is 265 g/mol. The minimum absolute atomic E-state index is 0.0171. The maximum atomic E-state index is 9.20. The van der Waals surface area contributed by atoms with Gasteiger partial charge in [-0.2, -0.15) is 0 Å². The number of likely N-dealkylation sites (tertiary alicyclic amines) is 1. The van der Waals surface area contributed by atoms with Gasteiger partial charge in [0.05, 0.1) is 25.9 Å². The van der Waals surface area contributed by atoms with Crippen LogP contribution < -0.4 is 0 Å². The number of nitrogens with zero attached hydrogens (tertiary/aromatic N) is 1. The van der Waals surface area contributed by atoms with Gasteiger partial charge < -0.3 is 15.3 Å². The third-order valence-corrected chi connectivity index (χ3v) is 3.95. The molecular weight excluding hydrogens is 242 g/mol. The van der Waals surface area contributed by atoms with Gasteiger partial charge in [0.25, 0.3) is 0 Å². The largest absolute Gasteiger partial charge is 0.395 e. The summed E-state index contributed by atoms with van der Waals surface area (Å²) in [6.45, 7) is 1.99. The Balaban J connectivity index is 1.90. The van der Waals surface area contributed by atoms with Gasteiger partial charge in [0.15, 0.2) is 0 Å². The molecule has 1 atom stereocenters. The maximum absolute atomic E-state index is 9.20. The van der Waals surface area contributed by atoms with E-state index in [1.807, 2.05) is 12.1 Å². The summed E-state index contributed by atoms with van der Waals surface area (Å²) in [5.41, 5.74) is 2.21. The lowest BCUT2D eigenvalue weighted by molar-refractivity contribution is 0.0880. The first-order valence-electron chi connectivity index (χ1n) is 6.91. The van der Waals surface area contributed by atoms with E-state index in [2.05, 4.69) is 17.0 Å². The highest BCUT2D eigenvalue weighted by molar-refractivity contribution is 5.23. The van der Waals surface area contributed by atoms with Gasteiger partial charge >= 0.3 is 0 Å². The van der Waals surface area contributed by atoms with Gasteiger partial charge in [0.1, 0.15) is 0 Å². The number of hydrogen-bond donors (Lipinski definition) is 3. The fourth-order valence-electron chi connectivity index (χ4n) is 2.84. The minimum Gasteiger partial charge on any atom is -0.395 e. The summed E-state index contributed by atoms with van der Waals surface area (Å²) in [5, 5.41) is 27.5. The van der Waals surface area contributed by atoms with Crippen LogP contribution in [0.15, 0.2) is 24.3 Å². The van der Waals surface area contributed by atoms with Gasteiger partial charge in [0, 0.05) is 6.54 Å². The summed E-state index contributed by atoms with van der Waals surface area (Å²) in [6.07, 6.45) is 2.09. The Morgan fingerprint density at radius 1 is 1.16 bits per heavy atom. The van der Waals surface area contributed by atoms with Crippen molar-refractivity contribution in [2.45, 2.75) is 25.5 Å². The quantitative estimate of drug-likeness (QED) is 0.696. The molecule has 2 rings (SSSR count). The van der Waals surface area contributed by atoms with Crippen molar-refractivity contribution in [3.05, 3.63) is 35.4 Å². The Kier molecular flexibility index (Phi) is 5.34. The molecule has 0 bridgehead atoms. The molecule has 1 aromatic carbocycles. The van der Waals surface area contributed by atoms with E-state index in [0.717, 1.165) is 31.5 Å². The van der Waals surface area contributed by atoms with Crippen molar-refractivity contribution < 1.29 is 15.3 Å². The Labute approximate surface area is 114 Å². The molecule has 19 heavy (non-hydrogen) atoms. The molecule has 0 amide bonds. The van der Waals surface area contributed by atoms with Crippen LogP contribution in [0.25, 0.3) is 0 Å². The zero-order chi connectivity index (χ0) is 13.7. The van der Waals surface area contributed by atoms with Gasteiger partial charge in [-0.15, -0.1) is 0 Å². The van der Waals surface area contributed by atoms with Crippen LogP contribution in [0.1, 0.15) is 17.5 Å². The Hall–Kier alpha value is -0.940. The number of aliphatic hydroxyl groups is 3. The van der Waals surface area contributed by atoms with E-state index >= 15 is 0 Å². The molecule has 1 aliphatic heterocycles. The third-order valence-electron chi connectivity index (χ3n) is 3.95. The monoisotopic (exact) mass is 265 g/mol. The van der Waals surface area contributed by atoms with Crippen LogP contribution in [0.4, 0.5) is 0 Å². The van der Waals surface area contributed by atoms with E-state index in [4.69, 9.17) is 5.11 Å². The van der Waals surface area contributed by atoms with E-state index in [-0.39, 0.29) is 25.9 Å². The molecule has 0 aliphatic carbocycles. The van der Waals surface area contributed by atoms with Gasteiger partial charge in [-0.05, 0) is 36.4 Å². The Morgan fingerprint density at radius 2 is 1.89 bits per heavy atom. The second kappa shape index (κ2) is 7.01. The normalized spacial score (nSPS) is 20.3. The topological polar surface area (TPSA) is 63.9 Å². The maximum Gasteiger partial charge on any atom is 0.0681 e. The molecule has 1 fully saturated rings. The minimum atomic E-state index is -0.117. The van der Waals surface area contributed by atoms with Crippen LogP contribution in [0, 0.1) is 5.92 Å². The predicted molar refractivity (Wildman–Crippen MR) is 73.7 cm³/mol. The lowest BCUT2D eigenvalue weighted by Gasteiger charge is -2.24. The van der Waals surface area contributed by atoms with Crippen molar-refractivity contribution >= 4 is 0 Å². The van der Waals surface area contributed by atoms with E-state index in [1.165, 1.54) is 5.56 Å². The van der Waals surface area contributed by atoms with E-state index in [9.17, 15) is 10.2 Å². The standard InChI is InChI=1S/C15H23NO3/c17-9-14-3-1-2-12(7-14)6-13-4-5-16(8-13)15(10-18)11-19/h1-3,7,13,15,17-19H,4-6,8-11H2/t13-/m1/s1. The molecule has 0 radical (unpaired) electrons.